The standard InChI is InChI=1S/C17H8Cl3N3OS3/c18-7-1-3-9-11(5-7)26-14(13(9)20)15(24)22-16(25)23-17-21-10-4-2-8(19)6-12(10)27-17/h1-6H,(H2,21,22,23,24,25). The van der Waals surface area contributed by atoms with E-state index in [4.69, 9.17) is 47.0 Å². The lowest BCUT2D eigenvalue weighted by Crippen LogP contribution is -2.33. The van der Waals surface area contributed by atoms with Gasteiger partial charge in [-0.05, 0) is 42.5 Å². The highest BCUT2D eigenvalue weighted by molar-refractivity contribution is 7.80. The molecule has 0 saturated carbocycles. The number of anilines is 1. The van der Waals surface area contributed by atoms with Crippen molar-refractivity contribution in [3.8, 4) is 0 Å². The first-order chi connectivity index (χ1) is 12.9. The summed E-state index contributed by atoms with van der Waals surface area (Å²) >= 11 is 26.2. The number of aromatic nitrogens is 1. The highest BCUT2D eigenvalue weighted by Gasteiger charge is 2.18. The van der Waals surface area contributed by atoms with Crippen molar-refractivity contribution in [1.82, 2.24) is 10.3 Å². The van der Waals surface area contributed by atoms with Crippen LogP contribution in [0, 0.1) is 0 Å². The number of amides is 1. The van der Waals surface area contributed by atoms with Crippen LogP contribution in [-0.4, -0.2) is 16.0 Å². The van der Waals surface area contributed by atoms with E-state index in [1.54, 1.807) is 24.3 Å². The molecule has 0 aliphatic carbocycles. The second-order valence-corrected chi connectivity index (χ2v) is 9.17. The van der Waals surface area contributed by atoms with Crippen LogP contribution in [0.15, 0.2) is 36.4 Å². The van der Waals surface area contributed by atoms with Crippen LogP contribution in [-0.2, 0) is 0 Å². The lowest BCUT2D eigenvalue weighted by Gasteiger charge is -2.06. The van der Waals surface area contributed by atoms with Gasteiger partial charge in [0.25, 0.3) is 5.91 Å². The molecule has 0 bridgehead atoms. The number of hydrogen-bond acceptors (Lipinski definition) is 5. The molecule has 4 aromatic rings. The number of benzene rings is 2. The Labute approximate surface area is 182 Å². The highest BCUT2D eigenvalue weighted by Crippen LogP contribution is 2.36. The minimum Gasteiger partial charge on any atom is -0.308 e. The molecule has 0 aliphatic heterocycles. The number of thiophene rings is 1. The Kier molecular flexibility index (Phi) is 5.24. The summed E-state index contributed by atoms with van der Waals surface area (Å²) in [5.74, 6) is -0.390. The first-order valence-electron chi connectivity index (χ1n) is 7.46. The summed E-state index contributed by atoms with van der Waals surface area (Å²) in [6.07, 6.45) is 0. The molecule has 0 fully saturated rings. The van der Waals surface area contributed by atoms with Crippen LogP contribution in [0.5, 0.6) is 0 Å². The number of hydrogen-bond donors (Lipinski definition) is 2. The lowest BCUT2D eigenvalue weighted by molar-refractivity contribution is 0.0982. The van der Waals surface area contributed by atoms with Crippen molar-refractivity contribution in [2.24, 2.45) is 0 Å². The van der Waals surface area contributed by atoms with E-state index in [0.29, 0.717) is 25.1 Å². The maximum absolute atomic E-state index is 12.6. The Morgan fingerprint density at radius 1 is 1.00 bits per heavy atom. The van der Waals surface area contributed by atoms with Crippen molar-refractivity contribution in [1.29, 1.82) is 0 Å². The molecule has 2 heterocycles. The quantitative estimate of drug-likeness (QED) is 0.323. The summed E-state index contributed by atoms with van der Waals surface area (Å²) in [7, 11) is 0. The molecule has 0 radical (unpaired) electrons. The third-order valence-electron chi connectivity index (χ3n) is 3.60. The minimum atomic E-state index is -0.390. The number of nitrogens with one attached hydrogen (secondary N) is 2. The topological polar surface area (TPSA) is 54.0 Å². The summed E-state index contributed by atoms with van der Waals surface area (Å²) in [5, 5.41) is 8.62. The van der Waals surface area contributed by atoms with Gasteiger partial charge in [-0.1, -0.05) is 52.2 Å². The van der Waals surface area contributed by atoms with Crippen LogP contribution < -0.4 is 10.6 Å². The van der Waals surface area contributed by atoms with E-state index < -0.39 is 0 Å². The van der Waals surface area contributed by atoms with E-state index in [1.807, 2.05) is 12.1 Å². The molecule has 4 nitrogen and oxygen atoms in total. The Hall–Kier alpha value is -1.48. The molecule has 2 aromatic heterocycles. The molecular weight excluding hydrogens is 465 g/mol. The van der Waals surface area contributed by atoms with Crippen LogP contribution in [0.1, 0.15) is 9.67 Å². The maximum atomic E-state index is 12.6. The molecule has 0 atom stereocenters. The van der Waals surface area contributed by atoms with Gasteiger partial charge in [0.05, 0.1) is 15.2 Å². The molecule has 0 unspecified atom stereocenters. The molecule has 136 valence electrons. The van der Waals surface area contributed by atoms with Crippen LogP contribution in [0.4, 0.5) is 5.13 Å². The number of rotatable bonds is 2. The number of thiazole rings is 1. The van der Waals surface area contributed by atoms with Gasteiger partial charge < -0.3 is 5.32 Å². The molecular formula is C17H8Cl3N3OS3. The van der Waals surface area contributed by atoms with Gasteiger partial charge >= 0.3 is 0 Å². The summed E-state index contributed by atoms with van der Waals surface area (Å²) in [4.78, 5) is 17.3. The average Bonchev–Trinajstić information content (AvgIpc) is 3.14. The van der Waals surface area contributed by atoms with E-state index in [2.05, 4.69) is 15.6 Å². The first-order valence-corrected chi connectivity index (χ1v) is 10.6. The van der Waals surface area contributed by atoms with E-state index >= 15 is 0 Å². The predicted molar refractivity (Wildman–Crippen MR) is 120 cm³/mol. The SMILES string of the molecule is O=C(NC(=S)Nc1nc2ccc(Cl)cc2s1)c1sc2cc(Cl)ccc2c1Cl. The fourth-order valence-electron chi connectivity index (χ4n) is 2.43. The zero-order valence-electron chi connectivity index (χ0n) is 13.2. The largest absolute Gasteiger partial charge is 0.308 e. The summed E-state index contributed by atoms with van der Waals surface area (Å²) in [5.41, 5.74) is 0.797. The monoisotopic (exact) mass is 471 g/mol. The zero-order valence-corrected chi connectivity index (χ0v) is 17.9. The zero-order chi connectivity index (χ0) is 19.1. The van der Waals surface area contributed by atoms with E-state index in [-0.39, 0.29) is 11.0 Å². The maximum Gasteiger partial charge on any atom is 0.269 e. The molecule has 2 aromatic carbocycles. The molecule has 0 spiro atoms. The van der Waals surface area contributed by atoms with Gasteiger partial charge in [-0.3, -0.25) is 10.1 Å². The van der Waals surface area contributed by atoms with Gasteiger partial charge in [0.2, 0.25) is 0 Å². The first kappa shape index (κ1) is 18.9. The summed E-state index contributed by atoms with van der Waals surface area (Å²) in [6.45, 7) is 0. The van der Waals surface area contributed by atoms with Crippen molar-refractivity contribution in [3.05, 3.63) is 56.3 Å². The molecule has 4 rings (SSSR count). The second-order valence-electron chi connectivity index (χ2n) is 5.42. The third-order valence-corrected chi connectivity index (χ3v) is 6.86. The Bertz CT molecular complexity index is 1220. The fourth-order valence-corrected chi connectivity index (χ4v) is 5.51. The van der Waals surface area contributed by atoms with Crippen LogP contribution in [0.25, 0.3) is 20.3 Å². The van der Waals surface area contributed by atoms with Gasteiger partial charge in [0.15, 0.2) is 10.2 Å². The average molecular weight is 473 g/mol. The normalized spacial score (nSPS) is 11.1. The molecule has 0 saturated heterocycles. The predicted octanol–water partition coefficient (Wildman–Crippen LogP) is 6.60. The summed E-state index contributed by atoms with van der Waals surface area (Å²) in [6, 6.07) is 10.7. The van der Waals surface area contributed by atoms with Crippen molar-refractivity contribution in [2.75, 3.05) is 5.32 Å². The van der Waals surface area contributed by atoms with Gasteiger partial charge in [0, 0.05) is 20.1 Å². The molecule has 2 N–H and O–H groups in total. The number of carbonyl (C=O) groups excluding carboxylic acids is 1. The molecule has 0 aliphatic rings. The number of fused-ring (bicyclic) bond motifs is 2. The molecule has 10 heteroatoms. The number of thiocarbonyl (C=S) groups is 1. The van der Waals surface area contributed by atoms with Crippen molar-refractivity contribution in [2.45, 2.75) is 0 Å². The van der Waals surface area contributed by atoms with Crippen molar-refractivity contribution in [3.63, 3.8) is 0 Å². The Balaban J connectivity index is 1.52. The minimum absolute atomic E-state index is 0.136. The van der Waals surface area contributed by atoms with Crippen LogP contribution >= 0.6 is 69.7 Å². The smallest absolute Gasteiger partial charge is 0.269 e. The Morgan fingerprint density at radius 2 is 1.70 bits per heavy atom. The van der Waals surface area contributed by atoms with Gasteiger partial charge in [-0.15, -0.1) is 11.3 Å². The lowest BCUT2D eigenvalue weighted by atomic mass is 10.2. The number of halogens is 3. The second kappa shape index (κ2) is 7.50. The highest BCUT2D eigenvalue weighted by atomic mass is 35.5. The van der Waals surface area contributed by atoms with Crippen LogP contribution in [0.2, 0.25) is 15.1 Å². The molecule has 1 amide bonds. The fraction of sp³-hybridized carbons (Fsp3) is 0. The van der Waals surface area contributed by atoms with E-state index in [0.717, 1.165) is 20.3 Å². The summed E-state index contributed by atoms with van der Waals surface area (Å²) < 4.78 is 1.75. The van der Waals surface area contributed by atoms with Crippen LogP contribution in [0.3, 0.4) is 0 Å². The van der Waals surface area contributed by atoms with Gasteiger partial charge in [-0.25, -0.2) is 4.98 Å². The van der Waals surface area contributed by atoms with Gasteiger partial charge in [0.1, 0.15) is 4.88 Å². The van der Waals surface area contributed by atoms with Crippen molar-refractivity contribution >= 4 is 106 Å². The van der Waals surface area contributed by atoms with E-state index in [1.165, 1.54) is 22.7 Å². The van der Waals surface area contributed by atoms with Crippen molar-refractivity contribution < 1.29 is 4.79 Å². The van der Waals surface area contributed by atoms with Gasteiger partial charge in [-0.2, -0.15) is 0 Å². The number of nitrogens with zero attached hydrogens (tertiary/aromatic N) is 1. The number of carbonyl (C=O) groups is 1. The van der Waals surface area contributed by atoms with E-state index in [9.17, 15) is 4.79 Å². The molecule has 27 heavy (non-hydrogen) atoms. The third kappa shape index (κ3) is 3.89. The Morgan fingerprint density at radius 3 is 2.48 bits per heavy atom.